The first kappa shape index (κ1) is 15.3. The van der Waals surface area contributed by atoms with Crippen LogP contribution >= 0.6 is 15.9 Å². The van der Waals surface area contributed by atoms with Crippen LogP contribution < -0.4 is 4.90 Å². The highest BCUT2D eigenvalue weighted by molar-refractivity contribution is 9.09. The molecule has 0 saturated carbocycles. The summed E-state index contributed by atoms with van der Waals surface area (Å²) in [7, 11) is -1.41. The maximum Gasteiger partial charge on any atom is 0.227 e. The molecule has 1 unspecified atom stereocenters. The molecule has 1 amide bonds. The van der Waals surface area contributed by atoms with Gasteiger partial charge < -0.3 is 4.90 Å². The van der Waals surface area contributed by atoms with Crippen molar-refractivity contribution in [1.29, 1.82) is 0 Å². The Bertz CT molecular complexity index is 568. The number of carbonyl (C=O) groups excluding carboxylic acids is 1. The normalized spacial score (nSPS) is 18.9. The second-order valence-corrected chi connectivity index (χ2v) is 11.6. The van der Waals surface area contributed by atoms with Gasteiger partial charge in [-0.1, -0.05) is 53.6 Å². The van der Waals surface area contributed by atoms with Gasteiger partial charge in [-0.25, -0.2) is 0 Å². The molecule has 1 fully saturated rings. The Kier molecular flexibility index (Phi) is 4.72. The number of halogens is 1. The number of alkyl halides is 1. The molecular formula is C16H20BrNOSi. The maximum atomic E-state index is 12.2. The van der Waals surface area contributed by atoms with E-state index < -0.39 is 8.07 Å². The van der Waals surface area contributed by atoms with Crippen LogP contribution in [0.4, 0.5) is 5.69 Å². The van der Waals surface area contributed by atoms with E-state index in [1.807, 2.05) is 29.2 Å². The summed E-state index contributed by atoms with van der Waals surface area (Å²) in [5.41, 5.74) is 5.32. The molecule has 1 heterocycles. The van der Waals surface area contributed by atoms with Crippen molar-refractivity contribution in [2.24, 2.45) is 5.92 Å². The average molecular weight is 350 g/mol. The highest BCUT2D eigenvalue weighted by atomic mass is 79.9. The Labute approximate surface area is 130 Å². The van der Waals surface area contributed by atoms with Crippen molar-refractivity contribution in [2.75, 3.05) is 16.8 Å². The molecule has 1 atom stereocenters. The van der Waals surface area contributed by atoms with Crippen molar-refractivity contribution in [2.45, 2.75) is 26.1 Å². The van der Waals surface area contributed by atoms with Crippen molar-refractivity contribution in [3.63, 3.8) is 0 Å². The lowest BCUT2D eigenvalue weighted by Gasteiger charge is -2.18. The SMILES string of the molecule is C[Si](C)(C)C#Cc1ccccc1N1CC(CBr)CC1=O. The fourth-order valence-corrected chi connectivity index (χ4v) is 3.13. The summed E-state index contributed by atoms with van der Waals surface area (Å²) in [5.74, 6) is 3.90. The fourth-order valence-electron chi connectivity index (χ4n) is 2.19. The third-order valence-electron chi connectivity index (χ3n) is 3.19. The summed E-state index contributed by atoms with van der Waals surface area (Å²) in [5, 5.41) is 0.873. The molecular weight excluding hydrogens is 330 g/mol. The van der Waals surface area contributed by atoms with E-state index in [4.69, 9.17) is 0 Å². The van der Waals surface area contributed by atoms with Gasteiger partial charge in [0.15, 0.2) is 0 Å². The molecule has 1 saturated heterocycles. The summed E-state index contributed by atoms with van der Waals surface area (Å²) >= 11 is 3.48. The Hall–Kier alpha value is -1.05. The lowest BCUT2D eigenvalue weighted by atomic mass is 10.1. The zero-order valence-corrected chi connectivity index (χ0v) is 14.8. The number of amides is 1. The molecule has 1 aliphatic heterocycles. The van der Waals surface area contributed by atoms with Crippen LogP contribution in [-0.4, -0.2) is 25.9 Å². The van der Waals surface area contributed by atoms with Crippen LogP contribution in [0.15, 0.2) is 24.3 Å². The van der Waals surface area contributed by atoms with Crippen LogP contribution in [0.1, 0.15) is 12.0 Å². The quantitative estimate of drug-likeness (QED) is 0.453. The monoisotopic (exact) mass is 349 g/mol. The molecule has 0 bridgehead atoms. The molecule has 4 heteroatoms. The van der Waals surface area contributed by atoms with Gasteiger partial charge in [-0.05, 0) is 18.1 Å². The van der Waals surface area contributed by atoms with Crippen LogP contribution in [-0.2, 0) is 4.79 Å². The van der Waals surface area contributed by atoms with Crippen LogP contribution in [0.3, 0.4) is 0 Å². The molecule has 20 heavy (non-hydrogen) atoms. The molecule has 2 nitrogen and oxygen atoms in total. The summed E-state index contributed by atoms with van der Waals surface area (Å²) in [4.78, 5) is 14.1. The minimum absolute atomic E-state index is 0.205. The minimum Gasteiger partial charge on any atom is -0.311 e. The second-order valence-electron chi connectivity index (χ2n) is 6.25. The first-order valence-electron chi connectivity index (χ1n) is 6.89. The van der Waals surface area contributed by atoms with E-state index >= 15 is 0 Å². The molecule has 1 aromatic carbocycles. The summed E-state index contributed by atoms with van der Waals surface area (Å²) in [6.07, 6.45) is 0.626. The molecule has 1 aliphatic rings. The van der Waals surface area contributed by atoms with E-state index in [0.29, 0.717) is 12.3 Å². The Morgan fingerprint density at radius 3 is 2.65 bits per heavy atom. The first-order valence-corrected chi connectivity index (χ1v) is 11.5. The summed E-state index contributed by atoms with van der Waals surface area (Å²) in [6, 6.07) is 7.98. The van der Waals surface area contributed by atoms with Gasteiger partial charge in [-0.15, -0.1) is 5.54 Å². The molecule has 0 aliphatic carbocycles. The number of benzene rings is 1. The number of carbonyl (C=O) groups is 1. The van der Waals surface area contributed by atoms with Crippen molar-refractivity contribution in [1.82, 2.24) is 0 Å². The van der Waals surface area contributed by atoms with Gasteiger partial charge in [0, 0.05) is 23.9 Å². The zero-order chi connectivity index (χ0) is 14.8. The van der Waals surface area contributed by atoms with Gasteiger partial charge in [-0.3, -0.25) is 4.79 Å². The number of rotatable bonds is 2. The smallest absolute Gasteiger partial charge is 0.227 e. The fraction of sp³-hybridized carbons (Fsp3) is 0.438. The van der Waals surface area contributed by atoms with E-state index in [9.17, 15) is 4.79 Å². The third kappa shape index (κ3) is 3.74. The van der Waals surface area contributed by atoms with E-state index in [2.05, 4.69) is 47.0 Å². The summed E-state index contributed by atoms with van der Waals surface area (Å²) in [6.45, 7) is 7.47. The molecule has 1 aromatic rings. The van der Waals surface area contributed by atoms with Gasteiger partial charge in [0.2, 0.25) is 5.91 Å². The lowest BCUT2D eigenvalue weighted by Crippen LogP contribution is -2.25. The first-order chi connectivity index (χ1) is 9.40. The van der Waals surface area contributed by atoms with Crippen molar-refractivity contribution < 1.29 is 4.79 Å². The molecule has 0 spiro atoms. The highest BCUT2D eigenvalue weighted by Gasteiger charge is 2.30. The Morgan fingerprint density at radius 1 is 1.35 bits per heavy atom. The van der Waals surface area contributed by atoms with Gasteiger partial charge in [0.05, 0.1) is 5.69 Å². The van der Waals surface area contributed by atoms with Crippen LogP contribution in [0.5, 0.6) is 0 Å². The predicted octanol–water partition coefficient (Wildman–Crippen LogP) is 3.66. The topological polar surface area (TPSA) is 20.3 Å². The van der Waals surface area contributed by atoms with Crippen LogP contribution in [0, 0.1) is 17.4 Å². The van der Waals surface area contributed by atoms with Crippen molar-refractivity contribution in [3.05, 3.63) is 29.8 Å². The van der Waals surface area contributed by atoms with Crippen molar-refractivity contribution >= 4 is 35.6 Å². The predicted molar refractivity (Wildman–Crippen MR) is 90.9 cm³/mol. The van der Waals surface area contributed by atoms with E-state index in [1.165, 1.54) is 0 Å². The van der Waals surface area contributed by atoms with Crippen LogP contribution in [0.25, 0.3) is 0 Å². The number of hydrogen-bond donors (Lipinski definition) is 0. The second kappa shape index (κ2) is 6.15. The molecule has 106 valence electrons. The molecule has 0 aromatic heterocycles. The third-order valence-corrected chi connectivity index (χ3v) is 4.98. The number of para-hydroxylation sites is 1. The number of anilines is 1. The molecule has 2 rings (SSSR count). The van der Waals surface area contributed by atoms with Gasteiger partial charge in [0.25, 0.3) is 0 Å². The highest BCUT2D eigenvalue weighted by Crippen LogP contribution is 2.28. The largest absolute Gasteiger partial charge is 0.311 e. The van der Waals surface area contributed by atoms with Gasteiger partial charge >= 0.3 is 0 Å². The Balaban J connectivity index is 2.33. The Morgan fingerprint density at radius 2 is 2.05 bits per heavy atom. The van der Waals surface area contributed by atoms with Gasteiger partial charge in [-0.2, -0.15) is 0 Å². The van der Waals surface area contributed by atoms with E-state index in [0.717, 1.165) is 23.1 Å². The van der Waals surface area contributed by atoms with E-state index in [1.54, 1.807) is 0 Å². The molecule has 0 N–H and O–H groups in total. The minimum atomic E-state index is -1.41. The number of hydrogen-bond acceptors (Lipinski definition) is 1. The lowest BCUT2D eigenvalue weighted by molar-refractivity contribution is -0.117. The summed E-state index contributed by atoms with van der Waals surface area (Å²) < 4.78 is 0. The van der Waals surface area contributed by atoms with E-state index in [-0.39, 0.29) is 5.91 Å². The van der Waals surface area contributed by atoms with Crippen molar-refractivity contribution in [3.8, 4) is 11.5 Å². The maximum absolute atomic E-state index is 12.2. The van der Waals surface area contributed by atoms with Gasteiger partial charge in [0.1, 0.15) is 8.07 Å². The molecule has 0 radical (unpaired) electrons. The number of nitrogens with zero attached hydrogens (tertiary/aromatic N) is 1. The average Bonchev–Trinajstić information content (AvgIpc) is 2.77. The van der Waals surface area contributed by atoms with Crippen LogP contribution in [0.2, 0.25) is 19.6 Å². The standard InChI is InChI=1S/C16H20BrNOSi/c1-20(2,3)9-8-14-6-4-5-7-15(14)18-12-13(11-17)10-16(18)19/h4-7,13H,10-12H2,1-3H3. The zero-order valence-electron chi connectivity index (χ0n) is 12.2.